The Hall–Kier alpha value is -1.51. The Morgan fingerprint density at radius 3 is 2.57 bits per heavy atom. The summed E-state index contributed by atoms with van der Waals surface area (Å²) < 4.78 is 0. The Bertz CT molecular complexity index is 733. The van der Waals surface area contributed by atoms with Crippen molar-refractivity contribution in [2.45, 2.75) is 97.4 Å². The van der Waals surface area contributed by atoms with Gasteiger partial charge < -0.3 is 10.6 Å². The van der Waals surface area contributed by atoms with E-state index >= 15 is 0 Å². The zero-order chi connectivity index (χ0) is 20.7. The fourth-order valence-corrected chi connectivity index (χ4v) is 5.88. The summed E-state index contributed by atoms with van der Waals surface area (Å²) >= 11 is 0. The summed E-state index contributed by atoms with van der Waals surface area (Å²) in [6, 6.07) is 7.18. The SMILES string of the molecule is CC(C)c1ccc2c(c1)CC[C@H]1[C@](C)(CNC(=O)NC(C)(C)C)CCC[C@@]21C. The Morgan fingerprint density at radius 2 is 1.93 bits per heavy atom. The lowest BCUT2D eigenvalue weighted by Gasteiger charge is -2.55. The van der Waals surface area contributed by atoms with E-state index in [2.05, 4.69) is 56.5 Å². The van der Waals surface area contributed by atoms with E-state index in [-0.39, 0.29) is 22.4 Å². The highest BCUT2D eigenvalue weighted by Gasteiger charge is 2.51. The number of nitrogens with one attached hydrogen (secondary N) is 2. The molecule has 0 heterocycles. The number of aryl methyl sites for hydroxylation is 1. The molecule has 0 spiro atoms. The third kappa shape index (κ3) is 4.09. The molecule has 2 aliphatic rings. The number of fused-ring (bicyclic) bond motifs is 3. The molecule has 1 fully saturated rings. The second-order valence-corrected chi connectivity index (χ2v) is 11.1. The van der Waals surface area contributed by atoms with E-state index < -0.39 is 0 Å². The molecule has 1 aromatic rings. The second-order valence-electron chi connectivity index (χ2n) is 11.1. The normalized spacial score (nSPS) is 29.8. The van der Waals surface area contributed by atoms with Crippen molar-refractivity contribution in [3.63, 3.8) is 0 Å². The average Bonchev–Trinajstić information content (AvgIpc) is 2.58. The van der Waals surface area contributed by atoms with E-state index in [1.807, 2.05) is 20.8 Å². The first-order valence-electron chi connectivity index (χ1n) is 11.1. The van der Waals surface area contributed by atoms with Crippen LogP contribution in [0.25, 0.3) is 0 Å². The molecule has 0 aromatic heterocycles. The van der Waals surface area contributed by atoms with Crippen molar-refractivity contribution >= 4 is 6.03 Å². The molecule has 0 bridgehead atoms. The van der Waals surface area contributed by atoms with Gasteiger partial charge in [0.15, 0.2) is 0 Å². The standard InChI is InChI=1S/C25H40N2O/c1-17(2)18-9-11-20-19(15-18)10-12-21-24(6,13-8-14-25(20,21)7)16-26-22(28)27-23(3,4)5/h9,11,15,17,21H,8,10,12-14,16H2,1-7H3,(H2,26,27,28)/t21-,24-,25-/m0/s1. The Balaban J connectivity index is 1.82. The van der Waals surface area contributed by atoms with E-state index in [1.54, 1.807) is 11.1 Å². The van der Waals surface area contributed by atoms with Crippen LogP contribution in [0.5, 0.6) is 0 Å². The quantitative estimate of drug-likeness (QED) is 0.667. The van der Waals surface area contributed by atoms with Gasteiger partial charge in [-0.2, -0.15) is 0 Å². The van der Waals surface area contributed by atoms with Crippen LogP contribution in [-0.2, 0) is 11.8 Å². The topological polar surface area (TPSA) is 41.1 Å². The zero-order valence-electron chi connectivity index (χ0n) is 19.0. The first kappa shape index (κ1) is 21.2. The monoisotopic (exact) mass is 384 g/mol. The van der Waals surface area contributed by atoms with E-state index in [0.717, 1.165) is 6.54 Å². The molecule has 3 heteroatoms. The predicted molar refractivity (Wildman–Crippen MR) is 118 cm³/mol. The maximum absolute atomic E-state index is 12.4. The van der Waals surface area contributed by atoms with Gasteiger partial charge in [-0.25, -0.2) is 4.79 Å². The van der Waals surface area contributed by atoms with Crippen LogP contribution in [0, 0.1) is 11.3 Å². The van der Waals surface area contributed by atoms with Gasteiger partial charge in [0.05, 0.1) is 0 Å². The number of carbonyl (C=O) groups excluding carboxylic acids is 1. The fraction of sp³-hybridized carbons (Fsp3) is 0.720. The molecule has 28 heavy (non-hydrogen) atoms. The number of carbonyl (C=O) groups is 1. The highest BCUT2D eigenvalue weighted by atomic mass is 16.2. The number of benzene rings is 1. The van der Waals surface area contributed by atoms with Gasteiger partial charge in [0.2, 0.25) is 0 Å². The molecule has 3 atom stereocenters. The molecule has 3 rings (SSSR count). The van der Waals surface area contributed by atoms with Crippen molar-refractivity contribution in [1.29, 1.82) is 0 Å². The van der Waals surface area contributed by atoms with Gasteiger partial charge in [0.25, 0.3) is 0 Å². The maximum Gasteiger partial charge on any atom is 0.315 e. The summed E-state index contributed by atoms with van der Waals surface area (Å²) in [5, 5.41) is 6.24. The molecule has 3 nitrogen and oxygen atoms in total. The number of urea groups is 1. The lowest BCUT2D eigenvalue weighted by atomic mass is 9.49. The molecule has 1 aromatic carbocycles. The lowest BCUT2D eigenvalue weighted by molar-refractivity contribution is 0.0277. The van der Waals surface area contributed by atoms with E-state index in [1.165, 1.54) is 37.7 Å². The highest BCUT2D eigenvalue weighted by Crippen LogP contribution is 2.57. The van der Waals surface area contributed by atoms with E-state index in [0.29, 0.717) is 11.8 Å². The smallest absolute Gasteiger partial charge is 0.315 e. The van der Waals surface area contributed by atoms with E-state index in [4.69, 9.17) is 0 Å². The first-order chi connectivity index (χ1) is 12.9. The Labute approximate surface area is 172 Å². The van der Waals surface area contributed by atoms with Gasteiger partial charge >= 0.3 is 6.03 Å². The van der Waals surface area contributed by atoms with Crippen LogP contribution in [0.4, 0.5) is 4.79 Å². The van der Waals surface area contributed by atoms with Crippen molar-refractivity contribution in [2.75, 3.05) is 6.54 Å². The number of hydrogen-bond acceptors (Lipinski definition) is 1. The Morgan fingerprint density at radius 1 is 1.21 bits per heavy atom. The summed E-state index contributed by atoms with van der Waals surface area (Å²) in [6.45, 7) is 16.3. The largest absolute Gasteiger partial charge is 0.338 e. The minimum atomic E-state index is -0.204. The minimum absolute atomic E-state index is 0.0428. The molecule has 0 saturated heterocycles. The van der Waals surface area contributed by atoms with Crippen molar-refractivity contribution in [1.82, 2.24) is 10.6 Å². The maximum atomic E-state index is 12.4. The van der Waals surface area contributed by atoms with Crippen molar-refractivity contribution in [3.05, 3.63) is 34.9 Å². The van der Waals surface area contributed by atoms with Crippen molar-refractivity contribution in [2.24, 2.45) is 11.3 Å². The molecule has 2 N–H and O–H groups in total. The highest BCUT2D eigenvalue weighted by molar-refractivity contribution is 5.74. The Kier molecular flexibility index (Phi) is 5.59. The minimum Gasteiger partial charge on any atom is -0.338 e. The summed E-state index contributed by atoms with van der Waals surface area (Å²) in [5.41, 5.74) is 4.75. The predicted octanol–water partition coefficient (Wildman–Crippen LogP) is 5.92. The third-order valence-corrected chi connectivity index (χ3v) is 7.31. The summed E-state index contributed by atoms with van der Waals surface area (Å²) in [5.74, 6) is 1.19. The molecule has 2 amide bonds. The fourth-order valence-electron chi connectivity index (χ4n) is 5.88. The molecule has 1 saturated carbocycles. The van der Waals surface area contributed by atoms with Crippen LogP contribution in [0.3, 0.4) is 0 Å². The lowest BCUT2D eigenvalue weighted by Crippen LogP contribution is -2.55. The number of hydrogen-bond donors (Lipinski definition) is 2. The molecule has 0 aliphatic heterocycles. The van der Waals surface area contributed by atoms with Crippen molar-refractivity contribution in [3.8, 4) is 0 Å². The third-order valence-electron chi connectivity index (χ3n) is 7.31. The summed E-state index contributed by atoms with van der Waals surface area (Å²) in [6.07, 6.45) is 6.08. The van der Waals surface area contributed by atoms with Crippen LogP contribution >= 0.6 is 0 Å². The summed E-state index contributed by atoms with van der Waals surface area (Å²) in [4.78, 5) is 12.4. The molecular weight excluding hydrogens is 344 g/mol. The number of amides is 2. The molecule has 2 aliphatic carbocycles. The van der Waals surface area contributed by atoms with Crippen LogP contribution in [0.15, 0.2) is 18.2 Å². The molecular formula is C25H40N2O. The summed E-state index contributed by atoms with van der Waals surface area (Å²) in [7, 11) is 0. The van der Waals surface area contributed by atoms with Crippen LogP contribution in [0.2, 0.25) is 0 Å². The van der Waals surface area contributed by atoms with Gasteiger partial charge in [-0.15, -0.1) is 0 Å². The van der Waals surface area contributed by atoms with E-state index in [9.17, 15) is 4.79 Å². The van der Waals surface area contributed by atoms with Gasteiger partial charge in [0.1, 0.15) is 0 Å². The van der Waals surface area contributed by atoms with Crippen LogP contribution in [0.1, 0.15) is 96.8 Å². The van der Waals surface area contributed by atoms with Crippen LogP contribution < -0.4 is 10.6 Å². The van der Waals surface area contributed by atoms with Gasteiger partial charge in [0, 0.05) is 12.1 Å². The first-order valence-corrected chi connectivity index (χ1v) is 11.1. The van der Waals surface area contributed by atoms with Gasteiger partial charge in [-0.05, 0) is 85.8 Å². The zero-order valence-corrected chi connectivity index (χ0v) is 19.0. The number of rotatable bonds is 3. The molecule has 156 valence electrons. The molecule has 0 unspecified atom stereocenters. The van der Waals surface area contributed by atoms with Gasteiger partial charge in [-0.3, -0.25) is 0 Å². The average molecular weight is 385 g/mol. The molecule has 0 radical (unpaired) electrons. The van der Waals surface area contributed by atoms with Crippen molar-refractivity contribution < 1.29 is 4.79 Å². The van der Waals surface area contributed by atoms with Gasteiger partial charge in [-0.1, -0.05) is 52.3 Å². The second kappa shape index (κ2) is 7.39. The van der Waals surface area contributed by atoms with Crippen LogP contribution in [-0.4, -0.2) is 18.1 Å².